The molecule has 0 aliphatic carbocycles. The Morgan fingerprint density at radius 3 is 2.70 bits per heavy atom. The van der Waals surface area contributed by atoms with Crippen molar-refractivity contribution in [2.45, 2.75) is 32.5 Å². The first-order chi connectivity index (χ1) is 10.9. The van der Waals surface area contributed by atoms with Gasteiger partial charge in [-0.05, 0) is 24.3 Å². The van der Waals surface area contributed by atoms with Crippen molar-refractivity contribution in [1.82, 2.24) is 0 Å². The average Bonchev–Trinajstić information content (AvgIpc) is 2.48. The van der Waals surface area contributed by atoms with Crippen LogP contribution in [0.4, 0.5) is 0 Å². The first-order valence-electron chi connectivity index (χ1n) is 7.03. The Balaban J connectivity index is 2.19. The van der Waals surface area contributed by atoms with Crippen molar-refractivity contribution in [3.8, 4) is 5.75 Å². The first kappa shape index (κ1) is 17.1. The number of hydrogen-bond donors (Lipinski definition) is 1. The summed E-state index contributed by atoms with van der Waals surface area (Å²) in [6.45, 7) is 2.56. The van der Waals surface area contributed by atoms with Gasteiger partial charge in [-0.15, -0.1) is 0 Å². The summed E-state index contributed by atoms with van der Waals surface area (Å²) in [6, 6.07) is 4.72. The standard InChI is InChI=1S/C16H17ClO6/c1-9(18)21-8-16-15(22-10(2)19)6-5-14(23-16)11-3-4-12(17)13(20)7-11/h3-5,7,15-16,20H,6,8H2,1-2H3/t15-,16+/m0/s1. The van der Waals surface area contributed by atoms with E-state index in [1.165, 1.54) is 19.9 Å². The Bertz CT molecular complexity index is 639. The van der Waals surface area contributed by atoms with Crippen molar-refractivity contribution in [2.24, 2.45) is 0 Å². The summed E-state index contributed by atoms with van der Waals surface area (Å²) in [7, 11) is 0. The first-order valence-corrected chi connectivity index (χ1v) is 7.41. The van der Waals surface area contributed by atoms with Gasteiger partial charge in [-0.3, -0.25) is 9.59 Å². The topological polar surface area (TPSA) is 82.1 Å². The van der Waals surface area contributed by atoms with E-state index in [2.05, 4.69) is 0 Å². The number of carbonyl (C=O) groups is 2. The number of ether oxygens (including phenoxy) is 3. The minimum absolute atomic E-state index is 0.0375. The lowest BCUT2D eigenvalue weighted by molar-refractivity contribution is -0.158. The third-order valence-electron chi connectivity index (χ3n) is 3.23. The molecule has 0 aromatic heterocycles. The van der Waals surface area contributed by atoms with Crippen LogP contribution in [0.25, 0.3) is 5.76 Å². The van der Waals surface area contributed by atoms with Gasteiger partial charge < -0.3 is 19.3 Å². The van der Waals surface area contributed by atoms with Gasteiger partial charge in [-0.2, -0.15) is 0 Å². The van der Waals surface area contributed by atoms with Gasteiger partial charge in [-0.1, -0.05) is 11.6 Å². The second kappa shape index (κ2) is 7.37. The number of carbonyl (C=O) groups excluding carboxylic acids is 2. The molecule has 0 saturated carbocycles. The predicted molar refractivity (Wildman–Crippen MR) is 82.8 cm³/mol. The van der Waals surface area contributed by atoms with Crippen LogP contribution in [0.1, 0.15) is 25.8 Å². The molecule has 1 aromatic rings. The SMILES string of the molecule is CC(=O)OC[C@H]1OC(c2ccc(Cl)c(O)c2)=CC[C@@H]1OC(C)=O. The quantitative estimate of drug-likeness (QED) is 0.848. The van der Waals surface area contributed by atoms with E-state index in [4.69, 9.17) is 25.8 Å². The Labute approximate surface area is 138 Å². The molecule has 0 saturated heterocycles. The van der Waals surface area contributed by atoms with E-state index in [9.17, 15) is 14.7 Å². The van der Waals surface area contributed by atoms with Crippen LogP contribution < -0.4 is 0 Å². The zero-order valence-corrected chi connectivity index (χ0v) is 13.5. The van der Waals surface area contributed by atoms with Crippen LogP contribution in [0.2, 0.25) is 5.02 Å². The molecule has 1 aliphatic rings. The van der Waals surface area contributed by atoms with Crippen molar-refractivity contribution in [3.05, 3.63) is 34.9 Å². The zero-order chi connectivity index (χ0) is 17.0. The van der Waals surface area contributed by atoms with Gasteiger partial charge in [-0.25, -0.2) is 0 Å². The van der Waals surface area contributed by atoms with Crippen molar-refractivity contribution in [1.29, 1.82) is 0 Å². The van der Waals surface area contributed by atoms with Crippen LogP contribution in [0.15, 0.2) is 24.3 Å². The molecular weight excluding hydrogens is 324 g/mol. The molecule has 0 fully saturated rings. The molecule has 7 heteroatoms. The van der Waals surface area contributed by atoms with Gasteiger partial charge in [0.25, 0.3) is 0 Å². The second-order valence-corrected chi connectivity index (χ2v) is 5.48. The molecule has 0 amide bonds. The van der Waals surface area contributed by atoms with Gasteiger partial charge in [0.2, 0.25) is 0 Å². The highest BCUT2D eigenvalue weighted by Gasteiger charge is 2.31. The van der Waals surface area contributed by atoms with Crippen LogP contribution in [-0.2, 0) is 23.8 Å². The number of aromatic hydroxyl groups is 1. The summed E-state index contributed by atoms with van der Waals surface area (Å²) >= 11 is 5.79. The van der Waals surface area contributed by atoms with Gasteiger partial charge >= 0.3 is 11.9 Å². The van der Waals surface area contributed by atoms with Crippen LogP contribution in [0.5, 0.6) is 5.75 Å². The fourth-order valence-electron chi connectivity index (χ4n) is 2.19. The van der Waals surface area contributed by atoms with Gasteiger partial charge in [0.1, 0.15) is 24.2 Å². The molecule has 1 aliphatic heterocycles. The molecule has 1 aromatic carbocycles. The number of phenolic OH excluding ortho intramolecular Hbond substituents is 1. The summed E-state index contributed by atoms with van der Waals surface area (Å²) in [5, 5.41) is 9.93. The summed E-state index contributed by atoms with van der Waals surface area (Å²) in [5.74, 6) is -0.451. The molecule has 0 radical (unpaired) electrons. The molecule has 2 atom stereocenters. The van der Waals surface area contributed by atoms with Crippen LogP contribution in [0.3, 0.4) is 0 Å². The Hall–Kier alpha value is -2.21. The highest BCUT2D eigenvalue weighted by molar-refractivity contribution is 6.32. The lowest BCUT2D eigenvalue weighted by atomic mass is 10.0. The number of halogens is 1. The molecule has 1 N–H and O–H groups in total. The molecule has 6 nitrogen and oxygen atoms in total. The monoisotopic (exact) mass is 340 g/mol. The van der Waals surface area contributed by atoms with E-state index in [0.717, 1.165) is 0 Å². The largest absolute Gasteiger partial charge is 0.506 e. The minimum Gasteiger partial charge on any atom is -0.506 e. The summed E-state index contributed by atoms with van der Waals surface area (Å²) in [4.78, 5) is 22.2. The van der Waals surface area contributed by atoms with E-state index in [0.29, 0.717) is 17.7 Å². The van der Waals surface area contributed by atoms with Crippen molar-refractivity contribution in [2.75, 3.05) is 6.61 Å². The van der Waals surface area contributed by atoms with Crippen LogP contribution in [0, 0.1) is 0 Å². The Morgan fingerprint density at radius 2 is 2.09 bits per heavy atom. The molecule has 1 heterocycles. The van der Waals surface area contributed by atoms with Crippen molar-refractivity contribution >= 4 is 29.3 Å². The fraction of sp³-hybridized carbons (Fsp3) is 0.375. The number of hydrogen-bond acceptors (Lipinski definition) is 6. The molecule has 0 bridgehead atoms. The normalized spacial score (nSPS) is 20.2. The lowest BCUT2D eigenvalue weighted by Crippen LogP contribution is -2.38. The maximum Gasteiger partial charge on any atom is 0.303 e. The summed E-state index contributed by atoms with van der Waals surface area (Å²) < 4.78 is 15.9. The maximum absolute atomic E-state index is 11.2. The molecule has 0 unspecified atom stereocenters. The minimum atomic E-state index is -0.624. The highest BCUT2D eigenvalue weighted by atomic mass is 35.5. The predicted octanol–water partition coefficient (Wildman–Crippen LogP) is 2.67. The van der Waals surface area contributed by atoms with Gasteiger partial charge in [0, 0.05) is 25.8 Å². The van der Waals surface area contributed by atoms with Gasteiger partial charge in [0.15, 0.2) is 6.10 Å². The van der Waals surface area contributed by atoms with Crippen LogP contribution >= 0.6 is 11.6 Å². The van der Waals surface area contributed by atoms with E-state index in [1.807, 2.05) is 0 Å². The second-order valence-electron chi connectivity index (χ2n) is 5.08. The van der Waals surface area contributed by atoms with Gasteiger partial charge in [0.05, 0.1) is 5.02 Å². The van der Waals surface area contributed by atoms with E-state index in [1.54, 1.807) is 18.2 Å². The van der Waals surface area contributed by atoms with Crippen molar-refractivity contribution < 1.29 is 28.9 Å². The van der Waals surface area contributed by atoms with E-state index in [-0.39, 0.29) is 17.4 Å². The Kier molecular flexibility index (Phi) is 5.50. The summed E-state index contributed by atoms with van der Waals surface area (Å²) in [6.07, 6.45) is 0.988. The number of phenols is 1. The highest BCUT2D eigenvalue weighted by Crippen LogP contribution is 2.32. The average molecular weight is 341 g/mol. The molecule has 23 heavy (non-hydrogen) atoms. The third-order valence-corrected chi connectivity index (χ3v) is 3.55. The smallest absolute Gasteiger partial charge is 0.303 e. The number of rotatable bonds is 4. The Morgan fingerprint density at radius 1 is 1.35 bits per heavy atom. The maximum atomic E-state index is 11.2. The van der Waals surface area contributed by atoms with E-state index < -0.39 is 24.1 Å². The fourth-order valence-corrected chi connectivity index (χ4v) is 2.31. The molecule has 2 rings (SSSR count). The number of esters is 2. The molecule has 0 spiro atoms. The number of benzene rings is 1. The van der Waals surface area contributed by atoms with Crippen molar-refractivity contribution in [3.63, 3.8) is 0 Å². The molecular formula is C16H17ClO6. The third kappa shape index (κ3) is 4.63. The molecule has 124 valence electrons. The lowest BCUT2D eigenvalue weighted by Gasteiger charge is -2.31. The van der Waals surface area contributed by atoms with E-state index >= 15 is 0 Å². The summed E-state index contributed by atoms with van der Waals surface area (Å²) in [5.41, 5.74) is 0.626. The van der Waals surface area contributed by atoms with Crippen LogP contribution in [-0.4, -0.2) is 35.9 Å². The zero-order valence-electron chi connectivity index (χ0n) is 12.7.